The third-order valence-electron chi connectivity index (χ3n) is 5.92. The Morgan fingerprint density at radius 2 is 1.30 bits per heavy atom. The van der Waals surface area contributed by atoms with Crippen LogP contribution in [0.3, 0.4) is 0 Å². The molecule has 1 aliphatic rings. The molecule has 1 fully saturated rings. The van der Waals surface area contributed by atoms with Crippen LogP contribution in [0.25, 0.3) is 0 Å². The first-order valence-corrected chi connectivity index (χ1v) is 11.4. The number of carbonyl (C=O) groups excluding carboxylic acids is 1. The van der Waals surface area contributed by atoms with Crippen LogP contribution in [0.2, 0.25) is 0 Å². The van der Waals surface area contributed by atoms with Gasteiger partial charge in [-0.15, -0.1) is 0 Å². The van der Waals surface area contributed by atoms with Gasteiger partial charge in [0.15, 0.2) is 5.41 Å². The second kappa shape index (κ2) is 14.0. The SMILES string of the molecule is CC(C)CCCCCCCCCCCCOC(=O)C1(C(=O)O)CCCCC1. The molecule has 0 aromatic carbocycles. The van der Waals surface area contributed by atoms with Crippen molar-refractivity contribution in [2.75, 3.05) is 6.61 Å². The molecule has 0 saturated heterocycles. The fourth-order valence-corrected chi connectivity index (χ4v) is 4.03. The maximum atomic E-state index is 12.3. The van der Waals surface area contributed by atoms with Crippen molar-refractivity contribution in [3.05, 3.63) is 0 Å². The Hall–Kier alpha value is -1.06. The average molecular weight is 383 g/mol. The zero-order valence-electron chi connectivity index (χ0n) is 17.8. The van der Waals surface area contributed by atoms with Gasteiger partial charge in [0.05, 0.1) is 6.61 Å². The van der Waals surface area contributed by atoms with Gasteiger partial charge in [0.25, 0.3) is 0 Å². The first kappa shape index (κ1) is 24.0. The van der Waals surface area contributed by atoms with Crippen LogP contribution in [0.5, 0.6) is 0 Å². The molecule has 1 N–H and O–H groups in total. The molecule has 1 saturated carbocycles. The molecule has 1 aliphatic carbocycles. The fraction of sp³-hybridized carbons (Fsp3) is 0.913. The summed E-state index contributed by atoms with van der Waals surface area (Å²) in [5.41, 5.74) is -1.27. The van der Waals surface area contributed by atoms with E-state index in [-0.39, 0.29) is 0 Å². The molecule has 0 aromatic rings. The Morgan fingerprint density at radius 3 is 1.78 bits per heavy atom. The maximum Gasteiger partial charge on any atom is 0.323 e. The Morgan fingerprint density at radius 1 is 0.815 bits per heavy atom. The Labute approximate surface area is 166 Å². The van der Waals surface area contributed by atoms with E-state index in [0.29, 0.717) is 19.4 Å². The number of carbonyl (C=O) groups is 2. The predicted molar refractivity (Wildman–Crippen MR) is 110 cm³/mol. The molecule has 4 heteroatoms. The summed E-state index contributed by atoms with van der Waals surface area (Å²) in [4.78, 5) is 23.8. The number of hydrogen-bond donors (Lipinski definition) is 1. The van der Waals surface area contributed by atoms with Gasteiger partial charge in [-0.25, -0.2) is 0 Å². The largest absolute Gasteiger partial charge is 0.480 e. The monoisotopic (exact) mass is 382 g/mol. The van der Waals surface area contributed by atoms with Crippen LogP contribution in [-0.4, -0.2) is 23.7 Å². The van der Waals surface area contributed by atoms with E-state index in [1.165, 1.54) is 57.8 Å². The van der Waals surface area contributed by atoms with Gasteiger partial charge in [-0.3, -0.25) is 9.59 Å². The number of esters is 1. The molecule has 0 atom stereocenters. The van der Waals surface area contributed by atoms with Gasteiger partial charge in [0.1, 0.15) is 0 Å². The number of carboxylic acid groups (broad SMARTS) is 1. The van der Waals surface area contributed by atoms with Gasteiger partial charge in [-0.05, 0) is 25.2 Å². The number of aliphatic carboxylic acids is 1. The highest BCUT2D eigenvalue weighted by atomic mass is 16.5. The molecule has 1 rings (SSSR count). The van der Waals surface area contributed by atoms with Crippen molar-refractivity contribution >= 4 is 11.9 Å². The van der Waals surface area contributed by atoms with Crippen LogP contribution < -0.4 is 0 Å². The van der Waals surface area contributed by atoms with Crippen LogP contribution >= 0.6 is 0 Å². The van der Waals surface area contributed by atoms with Gasteiger partial charge in [-0.2, -0.15) is 0 Å². The standard InChI is InChI=1S/C23H42O4/c1-20(2)16-12-9-7-5-3-4-6-8-10-15-19-27-22(26)23(21(24)25)17-13-11-14-18-23/h20H,3-19H2,1-2H3,(H,24,25). The normalized spacial score (nSPS) is 16.4. The lowest BCUT2D eigenvalue weighted by Gasteiger charge is -2.30. The highest BCUT2D eigenvalue weighted by Gasteiger charge is 2.48. The highest BCUT2D eigenvalue weighted by Crippen LogP contribution is 2.37. The van der Waals surface area contributed by atoms with Gasteiger partial charge in [0, 0.05) is 0 Å². The first-order chi connectivity index (χ1) is 13.0. The minimum absolute atomic E-state index is 0.365. The molecule has 0 radical (unpaired) electrons. The molecule has 4 nitrogen and oxygen atoms in total. The minimum Gasteiger partial charge on any atom is -0.480 e. The highest BCUT2D eigenvalue weighted by molar-refractivity contribution is 5.99. The quantitative estimate of drug-likeness (QED) is 0.199. The summed E-state index contributed by atoms with van der Waals surface area (Å²) < 4.78 is 5.33. The summed E-state index contributed by atoms with van der Waals surface area (Å²) >= 11 is 0. The predicted octanol–water partition coefficient (Wildman–Crippen LogP) is 6.51. The fourth-order valence-electron chi connectivity index (χ4n) is 4.03. The van der Waals surface area contributed by atoms with Crippen LogP contribution in [0, 0.1) is 11.3 Å². The van der Waals surface area contributed by atoms with Gasteiger partial charge in [0.2, 0.25) is 0 Å². The average Bonchev–Trinajstić information content (AvgIpc) is 2.65. The molecule has 27 heavy (non-hydrogen) atoms. The first-order valence-electron chi connectivity index (χ1n) is 11.4. The van der Waals surface area contributed by atoms with Crippen molar-refractivity contribution in [2.24, 2.45) is 11.3 Å². The van der Waals surface area contributed by atoms with E-state index in [9.17, 15) is 14.7 Å². The van der Waals surface area contributed by atoms with Crippen LogP contribution in [0.1, 0.15) is 117 Å². The topological polar surface area (TPSA) is 63.6 Å². The van der Waals surface area contributed by atoms with Crippen LogP contribution in [0.15, 0.2) is 0 Å². The number of carboxylic acids is 1. The molecule has 0 heterocycles. The molecule has 158 valence electrons. The molecule has 0 aliphatic heterocycles. The van der Waals surface area contributed by atoms with E-state index in [4.69, 9.17) is 4.74 Å². The Balaban J connectivity index is 1.96. The smallest absolute Gasteiger partial charge is 0.323 e. The number of ether oxygens (including phenoxy) is 1. The lowest BCUT2D eigenvalue weighted by Crippen LogP contribution is -2.42. The number of unbranched alkanes of at least 4 members (excludes halogenated alkanes) is 9. The zero-order chi connectivity index (χ0) is 20.0. The van der Waals surface area contributed by atoms with Crippen LogP contribution in [-0.2, 0) is 14.3 Å². The third kappa shape index (κ3) is 9.62. The van der Waals surface area contributed by atoms with Crippen LogP contribution in [0.4, 0.5) is 0 Å². The van der Waals surface area contributed by atoms with E-state index in [0.717, 1.165) is 38.0 Å². The van der Waals surface area contributed by atoms with E-state index in [2.05, 4.69) is 13.8 Å². The van der Waals surface area contributed by atoms with Crippen molar-refractivity contribution in [1.82, 2.24) is 0 Å². The molecule has 0 aromatic heterocycles. The number of rotatable bonds is 15. The zero-order valence-corrected chi connectivity index (χ0v) is 17.8. The second-order valence-corrected chi connectivity index (χ2v) is 8.80. The third-order valence-corrected chi connectivity index (χ3v) is 5.92. The summed E-state index contributed by atoms with van der Waals surface area (Å²) in [5, 5.41) is 9.47. The summed E-state index contributed by atoms with van der Waals surface area (Å²) in [6.07, 6.45) is 17.3. The van der Waals surface area contributed by atoms with Gasteiger partial charge in [-0.1, -0.05) is 97.3 Å². The van der Waals surface area contributed by atoms with Gasteiger partial charge < -0.3 is 9.84 Å². The Kier molecular flexibility index (Phi) is 12.4. The second-order valence-electron chi connectivity index (χ2n) is 8.80. The van der Waals surface area contributed by atoms with Crippen molar-refractivity contribution < 1.29 is 19.4 Å². The lowest BCUT2D eigenvalue weighted by atomic mass is 9.74. The molecule has 0 amide bonds. The summed E-state index contributed by atoms with van der Waals surface area (Å²) in [7, 11) is 0. The summed E-state index contributed by atoms with van der Waals surface area (Å²) in [6, 6.07) is 0. The minimum atomic E-state index is -1.27. The number of hydrogen-bond acceptors (Lipinski definition) is 3. The van der Waals surface area contributed by atoms with E-state index in [1.807, 2.05) is 0 Å². The summed E-state index contributed by atoms with van der Waals surface area (Å²) in [5.74, 6) is -0.676. The lowest BCUT2D eigenvalue weighted by molar-refractivity contribution is -0.171. The van der Waals surface area contributed by atoms with E-state index < -0.39 is 17.4 Å². The van der Waals surface area contributed by atoms with E-state index >= 15 is 0 Å². The molecule has 0 spiro atoms. The van der Waals surface area contributed by atoms with Crippen molar-refractivity contribution in [2.45, 2.75) is 117 Å². The summed E-state index contributed by atoms with van der Waals surface area (Å²) in [6.45, 7) is 4.95. The van der Waals surface area contributed by atoms with Gasteiger partial charge >= 0.3 is 11.9 Å². The van der Waals surface area contributed by atoms with Crippen molar-refractivity contribution in [1.29, 1.82) is 0 Å². The van der Waals surface area contributed by atoms with Crippen molar-refractivity contribution in [3.63, 3.8) is 0 Å². The maximum absolute atomic E-state index is 12.3. The molecular formula is C23H42O4. The van der Waals surface area contributed by atoms with E-state index in [1.54, 1.807) is 0 Å². The molecular weight excluding hydrogens is 340 g/mol. The molecule has 0 unspecified atom stereocenters. The molecule has 0 bridgehead atoms. The van der Waals surface area contributed by atoms with Crippen molar-refractivity contribution in [3.8, 4) is 0 Å². The Bertz CT molecular complexity index is 411.